The predicted octanol–water partition coefficient (Wildman–Crippen LogP) is 5.44. The van der Waals surface area contributed by atoms with Gasteiger partial charge in [-0.15, -0.1) is 4.40 Å². The van der Waals surface area contributed by atoms with Gasteiger partial charge in [-0.05, 0) is 67.0 Å². The monoisotopic (exact) mass is 540 g/mol. The van der Waals surface area contributed by atoms with Crippen LogP contribution in [0.5, 0.6) is 5.75 Å². The van der Waals surface area contributed by atoms with Crippen molar-refractivity contribution < 1.29 is 13.2 Å². The fourth-order valence-electron chi connectivity index (χ4n) is 5.31. The van der Waals surface area contributed by atoms with Gasteiger partial charge in [0.05, 0.1) is 24.6 Å². The average Bonchev–Trinajstić information content (AvgIpc) is 3.26. The summed E-state index contributed by atoms with van der Waals surface area (Å²) in [5.41, 5.74) is 1.97. The molecule has 0 atom stereocenters. The Hall–Kier alpha value is -2.65. The van der Waals surface area contributed by atoms with Crippen LogP contribution in [0, 0.1) is 0 Å². The fraction of sp³-hybridized carbons (Fsp3) is 0.500. The van der Waals surface area contributed by atoms with Gasteiger partial charge in [-0.3, -0.25) is 8.52 Å². The largest absolute Gasteiger partial charge is 0.497 e. The van der Waals surface area contributed by atoms with Crippen molar-refractivity contribution in [3.05, 3.63) is 70.6 Å². The Kier molecular flexibility index (Phi) is 8.30. The molecular formula is C28H36N4O3S2. The summed E-state index contributed by atoms with van der Waals surface area (Å²) in [6.07, 6.45) is 11.6. The van der Waals surface area contributed by atoms with Crippen LogP contribution < -0.4 is 15.2 Å². The zero-order valence-electron chi connectivity index (χ0n) is 21.5. The van der Waals surface area contributed by atoms with E-state index < -0.39 is 10.0 Å². The van der Waals surface area contributed by atoms with Gasteiger partial charge in [0.25, 0.3) is 10.0 Å². The molecule has 9 heteroatoms. The number of ether oxygens (including phenoxy) is 1. The van der Waals surface area contributed by atoms with E-state index in [4.69, 9.17) is 9.73 Å². The van der Waals surface area contributed by atoms with E-state index in [1.54, 1.807) is 31.4 Å². The molecule has 0 amide bonds. The summed E-state index contributed by atoms with van der Waals surface area (Å²) in [6, 6.07) is 17.2. The number of rotatable bonds is 7. The van der Waals surface area contributed by atoms with Gasteiger partial charge in [0.15, 0.2) is 0 Å². The van der Waals surface area contributed by atoms with Crippen LogP contribution in [-0.4, -0.2) is 30.1 Å². The van der Waals surface area contributed by atoms with Gasteiger partial charge in [0.1, 0.15) is 5.75 Å². The predicted molar refractivity (Wildman–Crippen MR) is 146 cm³/mol. The third-order valence-electron chi connectivity index (χ3n) is 7.37. The van der Waals surface area contributed by atoms with Crippen molar-refractivity contribution in [1.29, 1.82) is 0 Å². The maximum Gasteiger partial charge on any atom is 0.285 e. The summed E-state index contributed by atoms with van der Waals surface area (Å²) in [4.78, 5) is 5.93. The van der Waals surface area contributed by atoms with E-state index in [0.29, 0.717) is 23.1 Å². The zero-order valence-corrected chi connectivity index (χ0v) is 23.1. The highest BCUT2D eigenvalue weighted by molar-refractivity contribution is 7.90. The van der Waals surface area contributed by atoms with E-state index in [9.17, 15) is 8.42 Å². The van der Waals surface area contributed by atoms with Gasteiger partial charge in [-0.2, -0.15) is 8.42 Å². The van der Waals surface area contributed by atoms with Crippen molar-refractivity contribution in [2.45, 2.75) is 87.7 Å². The van der Waals surface area contributed by atoms with Crippen molar-refractivity contribution in [1.82, 2.24) is 8.52 Å². The Morgan fingerprint density at radius 2 is 1.54 bits per heavy atom. The molecule has 0 bridgehead atoms. The molecule has 3 aromatic rings. The minimum Gasteiger partial charge on any atom is -0.497 e. The van der Waals surface area contributed by atoms with Crippen molar-refractivity contribution >= 4 is 21.6 Å². The molecule has 0 aliphatic heterocycles. The highest BCUT2D eigenvalue weighted by Gasteiger charge is 2.23. The third-order valence-corrected chi connectivity index (χ3v) is 9.90. The SMILES string of the molecule is COc1ccc(S(=O)(=O)/N=c2\sn(C3CCCCC3)c(=NC3CCCCC3)n2Cc2ccccc2)cc1. The Morgan fingerprint density at radius 1 is 0.892 bits per heavy atom. The summed E-state index contributed by atoms with van der Waals surface area (Å²) in [6.45, 7) is 0.527. The van der Waals surface area contributed by atoms with Crippen molar-refractivity contribution in [3.63, 3.8) is 0 Å². The number of hydrogen-bond acceptors (Lipinski definition) is 5. The van der Waals surface area contributed by atoms with E-state index in [2.05, 4.69) is 20.5 Å². The molecular weight excluding hydrogens is 504 g/mol. The quantitative estimate of drug-likeness (QED) is 0.401. The fourth-order valence-corrected chi connectivity index (χ4v) is 7.63. The first kappa shape index (κ1) is 26.0. The van der Waals surface area contributed by atoms with Crippen LogP contribution in [0.2, 0.25) is 0 Å². The van der Waals surface area contributed by atoms with Crippen molar-refractivity contribution in [2.24, 2.45) is 9.39 Å². The molecule has 0 saturated heterocycles. The van der Waals surface area contributed by atoms with E-state index in [-0.39, 0.29) is 10.9 Å². The standard InChI is InChI=1S/C28H36N4O3S2/c1-35-25-17-19-26(20-18-25)37(33,34)30-28-31(21-22-11-5-2-6-12-22)27(29-23-13-7-3-8-14-23)32(36-28)24-15-9-4-10-16-24/h2,5-6,11-12,17-20,23-24H,3-4,7-10,13-16,21H2,1H3/b29-27?,30-28-. The van der Waals surface area contributed by atoms with Crippen molar-refractivity contribution in [2.75, 3.05) is 7.11 Å². The molecule has 2 aliphatic rings. The second-order valence-corrected chi connectivity index (χ2v) is 12.6. The first-order valence-electron chi connectivity index (χ1n) is 13.4. The summed E-state index contributed by atoms with van der Waals surface area (Å²) in [7, 11) is -2.35. The van der Waals surface area contributed by atoms with Crippen LogP contribution in [0.4, 0.5) is 0 Å². The minimum absolute atomic E-state index is 0.156. The van der Waals surface area contributed by atoms with E-state index in [0.717, 1.165) is 36.9 Å². The van der Waals surface area contributed by atoms with E-state index >= 15 is 0 Å². The molecule has 1 heterocycles. The summed E-state index contributed by atoms with van der Waals surface area (Å²) in [5.74, 6) is 0.609. The Labute approximate surface area is 223 Å². The molecule has 0 radical (unpaired) electrons. The second-order valence-electron chi connectivity index (χ2n) is 10.0. The molecule has 0 N–H and O–H groups in total. The molecule has 0 spiro atoms. The van der Waals surface area contributed by atoms with Crippen LogP contribution >= 0.6 is 11.5 Å². The summed E-state index contributed by atoms with van der Waals surface area (Å²) < 4.78 is 40.8. The Morgan fingerprint density at radius 3 is 2.19 bits per heavy atom. The van der Waals surface area contributed by atoms with Crippen LogP contribution in [0.25, 0.3) is 0 Å². The van der Waals surface area contributed by atoms with E-state index in [1.165, 1.54) is 50.1 Å². The molecule has 37 heavy (non-hydrogen) atoms. The normalized spacial score (nSPS) is 18.8. The molecule has 5 rings (SSSR count). The highest BCUT2D eigenvalue weighted by atomic mass is 32.2. The Bertz CT molecular complexity index is 1410. The lowest BCUT2D eigenvalue weighted by Gasteiger charge is -2.23. The number of aromatic nitrogens is 2. The van der Waals surface area contributed by atoms with Crippen LogP contribution in [0.3, 0.4) is 0 Å². The topological polar surface area (TPSA) is 78.0 Å². The maximum absolute atomic E-state index is 13.4. The van der Waals surface area contributed by atoms with Crippen LogP contribution in [0.15, 0.2) is 68.9 Å². The number of benzene rings is 2. The van der Waals surface area contributed by atoms with Gasteiger partial charge in [0.2, 0.25) is 10.4 Å². The van der Waals surface area contributed by atoms with E-state index in [1.807, 2.05) is 22.8 Å². The average molecular weight is 541 g/mol. The van der Waals surface area contributed by atoms with Gasteiger partial charge >= 0.3 is 0 Å². The minimum atomic E-state index is -3.92. The number of nitrogens with zero attached hydrogens (tertiary/aromatic N) is 4. The zero-order chi connectivity index (χ0) is 25.7. The molecule has 2 aromatic carbocycles. The van der Waals surface area contributed by atoms with Gasteiger partial charge in [-0.25, -0.2) is 4.99 Å². The molecule has 1 aromatic heterocycles. The molecule has 2 saturated carbocycles. The number of sulfonamides is 1. The summed E-state index contributed by atoms with van der Waals surface area (Å²) in [5, 5.41) is 0. The van der Waals surface area contributed by atoms with Crippen LogP contribution in [-0.2, 0) is 16.6 Å². The molecule has 7 nitrogen and oxygen atoms in total. The molecule has 0 unspecified atom stereocenters. The van der Waals surface area contributed by atoms with Gasteiger partial charge in [0, 0.05) is 6.04 Å². The molecule has 2 fully saturated rings. The number of hydrogen-bond donors (Lipinski definition) is 0. The van der Waals surface area contributed by atoms with Crippen LogP contribution in [0.1, 0.15) is 75.8 Å². The first-order chi connectivity index (χ1) is 18.0. The smallest absolute Gasteiger partial charge is 0.285 e. The third kappa shape index (κ3) is 6.26. The first-order valence-corrected chi connectivity index (χ1v) is 15.6. The number of methoxy groups -OCH3 is 1. The molecule has 2 aliphatic carbocycles. The lowest BCUT2D eigenvalue weighted by Crippen LogP contribution is -2.35. The second kappa shape index (κ2) is 11.8. The van der Waals surface area contributed by atoms with Gasteiger partial charge < -0.3 is 4.74 Å². The highest BCUT2D eigenvalue weighted by Crippen LogP contribution is 2.28. The lowest BCUT2D eigenvalue weighted by atomic mass is 9.96. The lowest BCUT2D eigenvalue weighted by molar-refractivity contribution is 0.350. The Balaban J connectivity index is 1.69. The van der Waals surface area contributed by atoms with Gasteiger partial charge in [-0.1, -0.05) is 68.9 Å². The maximum atomic E-state index is 13.4. The molecule has 198 valence electrons. The summed E-state index contributed by atoms with van der Waals surface area (Å²) >= 11 is 1.45. The van der Waals surface area contributed by atoms with Crippen molar-refractivity contribution in [3.8, 4) is 5.75 Å².